The molecule has 0 aliphatic heterocycles. The molecule has 9 rings (SSSR count). The summed E-state index contributed by atoms with van der Waals surface area (Å²) in [6, 6.07) is 62.4. The SMILES string of the molecule is C=C/C=C\C(=C\c1cccc2oc3cc4ccccc4cc3c12)N(c1ccc(-c2ccccc2)cc1)c1ccc(-c2cccc3ccccc23)cc1. The average Bonchev–Trinajstić information content (AvgIpc) is 3.58. The van der Waals surface area contributed by atoms with E-state index in [2.05, 4.69) is 200 Å². The number of nitrogens with zero attached hydrogens (tertiary/aromatic N) is 1. The van der Waals surface area contributed by atoms with Crippen LogP contribution in [0, 0.1) is 0 Å². The van der Waals surface area contributed by atoms with Gasteiger partial charge in [0.25, 0.3) is 0 Å². The number of furan rings is 1. The van der Waals surface area contributed by atoms with E-state index in [4.69, 9.17) is 4.42 Å². The van der Waals surface area contributed by atoms with Gasteiger partial charge >= 0.3 is 0 Å². The highest BCUT2D eigenvalue weighted by molar-refractivity contribution is 6.13. The van der Waals surface area contributed by atoms with Gasteiger partial charge in [-0.15, -0.1) is 0 Å². The van der Waals surface area contributed by atoms with E-state index < -0.39 is 0 Å². The Morgan fingerprint density at radius 3 is 1.87 bits per heavy atom. The predicted octanol–water partition coefficient (Wildman–Crippen LogP) is 14.1. The molecule has 0 unspecified atom stereocenters. The minimum absolute atomic E-state index is 0.865. The minimum Gasteiger partial charge on any atom is -0.456 e. The fourth-order valence-corrected chi connectivity index (χ4v) is 7.32. The van der Waals surface area contributed by atoms with Crippen LogP contribution in [0.3, 0.4) is 0 Å². The summed E-state index contributed by atoms with van der Waals surface area (Å²) >= 11 is 0. The van der Waals surface area contributed by atoms with Crippen molar-refractivity contribution in [1.82, 2.24) is 0 Å². The Hall–Kier alpha value is -6.90. The Labute approximate surface area is 303 Å². The lowest BCUT2D eigenvalue weighted by atomic mass is 9.98. The molecule has 1 heterocycles. The molecule has 2 heteroatoms. The van der Waals surface area contributed by atoms with Crippen molar-refractivity contribution in [3.05, 3.63) is 212 Å². The van der Waals surface area contributed by atoms with E-state index in [0.717, 1.165) is 50.0 Å². The summed E-state index contributed by atoms with van der Waals surface area (Å²) < 4.78 is 6.46. The molecule has 52 heavy (non-hydrogen) atoms. The number of allylic oxidation sites excluding steroid dienone is 3. The maximum Gasteiger partial charge on any atom is 0.136 e. The number of anilines is 2. The van der Waals surface area contributed by atoms with Gasteiger partial charge in [0.2, 0.25) is 0 Å². The van der Waals surface area contributed by atoms with Crippen molar-refractivity contribution in [2.24, 2.45) is 0 Å². The molecule has 0 spiro atoms. The summed E-state index contributed by atoms with van der Waals surface area (Å²) in [4.78, 5) is 2.32. The second-order valence-electron chi connectivity index (χ2n) is 13.0. The Bertz CT molecular complexity index is 2780. The van der Waals surface area contributed by atoms with Gasteiger partial charge in [-0.3, -0.25) is 0 Å². The van der Waals surface area contributed by atoms with Crippen molar-refractivity contribution in [2.75, 3.05) is 4.90 Å². The average molecular weight is 666 g/mol. The highest BCUT2D eigenvalue weighted by atomic mass is 16.3. The zero-order chi connectivity index (χ0) is 34.9. The number of benzene rings is 8. The maximum absolute atomic E-state index is 6.46. The number of rotatable bonds is 8. The maximum atomic E-state index is 6.46. The molecule has 0 amide bonds. The number of hydrogen-bond acceptors (Lipinski definition) is 2. The largest absolute Gasteiger partial charge is 0.456 e. The van der Waals surface area contributed by atoms with Crippen molar-refractivity contribution in [3.8, 4) is 22.3 Å². The van der Waals surface area contributed by atoms with Crippen molar-refractivity contribution in [1.29, 1.82) is 0 Å². The van der Waals surface area contributed by atoms with Gasteiger partial charge in [0.15, 0.2) is 0 Å². The summed E-state index contributed by atoms with van der Waals surface area (Å²) in [5.41, 5.74) is 10.7. The van der Waals surface area contributed by atoms with Crippen LogP contribution in [0.5, 0.6) is 0 Å². The smallest absolute Gasteiger partial charge is 0.136 e. The van der Waals surface area contributed by atoms with Gasteiger partial charge in [-0.1, -0.05) is 152 Å². The number of hydrogen-bond donors (Lipinski definition) is 0. The zero-order valence-corrected chi connectivity index (χ0v) is 28.6. The Balaban J connectivity index is 1.22. The summed E-state index contributed by atoms with van der Waals surface area (Å²) in [7, 11) is 0. The minimum atomic E-state index is 0.865. The van der Waals surface area contributed by atoms with Crippen molar-refractivity contribution < 1.29 is 4.42 Å². The summed E-state index contributed by atoms with van der Waals surface area (Å²) in [5, 5.41) is 7.03. The molecule has 0 aliphatic rings. The first-order chi connectivity index (χ1) is 25.7. The van der Waals surface area contributed by atoms with E-state index in [9.17, 15) is 0 Å². The lowest BCUT2D eigenvalue weighted by Crippen LogP contribution is -2.15. The number of fused-ring (bicyclic) bond motifs is 5. The van der Waals surface area contributed by atoms with Crippen LogP contribution in [0.4, 0.5) is 11.4 Å². The molecule has 0 fully saturated rings. The topological polar surface area (TPSA) is 16.4 Å². The molecule has 1 aromatic heterocycles. The molecule has 0 N–H and O–H groups in total. The van der Waals surface area contributed by atoms with E-state index in [1.54, 1.807) is 0 Å². The van der Waals surface area contributed by atoms with E-state index in [-0.39, 0.29) is 0 Å². The molecular weight excluding hydrogens is 631 g/mol. The quantitative estimate of drug-likeness (QED) is 0.150. The molecular formula is C50H35NO. The van der Waals surface area contributed by atoms with Crippen LogP contribution >= 0.6 is 0 Å². The molecule has 0 saturated heterocycles. The van der Waals surface area contributed by atoms with Crippen LogP contribution in [-0.4, -0.2) is 0 Å². The van der Waals surface area contributed by atoms with Gasteiger partial charge in [0, 0.05) is 27.8 Å². The normalized spacial score (nSPS) is 12.0. The third kappa shape index (κ3) is 5.77. The van der Waals surface area contributed by atoms with Crippen LogP contribution in [-0.2, 0) is 0 Å². The zero-order valence-electron chi connectivity index (χ0n) is 28.6. The second-order valence-corrected chi connectivity index (χ2v) is 13.0. The molecule has 0 atom stereocenters. The lowest BCUT2D eigenvalue weighted by molar-refractivity contribution is 0.669. The molecule has 8 aromatic carbocycles. The van der Waals surface area contributed by atoms with Gasteiger partial charge in [-0.25, -0.2) is 0 Å². The van der Waals surface area contributed by atoms with Gasteiger partial charge in [-0.05, 0) is 104 Å². The van der Waals surface area contributed by atoms with E-state index in [1.165, 1.54) is 38.4 Å². The highest BCUT2D eigenvalue weighted by Gasteiger charge is 2.17. The Morgan fingerprint density at radius 1 is 0.500 bits per heavy atom. The molecule has 0 saturated carbocycles. The van der Waals surface area contributed by atoms with Crippen molar-refractivity contribution >= 4 is 60.9 Å². The van der Waals surface area contributed by atoms with Gasteiger partial charge in [0.1, 0.15) is 11.2 Å². The molecule has 246 valence electrons. The fraction of sp³-hybridized carbons (Fsp3) is 0. The first kappa shape index (κ1) is 31.1. The molecule has 0 bridgehead atoms. The van der Waals surface area contributed by atoms with Crippen molar-refractivity contribution in [3.63, 3.8) is 0 Å². The highest BCUT2D eigenvalue weighted by Crippen LogP contribution is 2.39. The van der Waals surface area contributed by atoms with Gasteiger partial charge in [-0.2, -0.15) is 0 Å². The monoisotopic (exact) mass is 665 g/mol. The van der Waals surface area contributed by atoms with Crippen LogP contribution in [0.25, 0.3) is 71.8 Å². The molecule has 9 aromatic rings. The molecule has 2 nitrogen and oxygen atoms in total. The van der Waals surface area contributed by atoms with Crippen LogP contribution < -0.4 is 4.90 Å². The second kappa shape index (κ2) is 13.4. The summed E-state index contributed by atoms with van der Waals surface area (Å²) in [5.74, 6) is 0. The van der Waals surface area contributed by atoms with Crippen molar-refractivity contribution in [2.45, 2.75) is 0 Å². The molecule has 0 aliphatic carbocycles. The lowest BCUT2D eigenvalue weighted by Gasteiger charge is -2.27. The Kier molecular flexibility index (Phi) is 8.03. The standard InChI is InChI=1S/C50H35NO/c1-2-3-20-44(32-41-19-12-23-48-50(41)47-33-39-16-7-8-17-40(39)34-49(47)52-48)51(42-28-24-36(25-29-42)35-13-5-4-6-14-35)43-30-26-38(27-31-43)46-22-11-18-37-15-9-10-21-45(37)46/h2-34H,1H2/b20-3-,44-32-. The summed E-state index contributed by atoms with van der Waals surface area (Å²) in [6.45, 7) is 4.02. The van der Waals surface area contributed by atoms with Crippen LogP contribution in [0.2, 0.25) is 0 Å². The van der Waals surface area contributed by atoms with Crippen LogP contribution in [0.15, 0.2) is 211 Å². The van der Waals surface area contributed by atoms with Crippen LogP contribution in [0.1, 0.15) is 5.56 Å². The first-order valence-corrected chi connectivity index (χ1v) is 17.6. The third-order valence-electron chi connectivity index (χ3n) is 9.82. The Morgan fingerprint density at radius 2 is 1.12 bits per heavy atom. The predicted molar refractivity (Wildman–Crippen MR) is 222 cm³/mol. The first-order valence-electron chi connectivity index (χ1n) is 17.6. The van der Waals surface area contributed by atoms with E-state index in [1.807, 2.05) is 12.2 Å². The van der Waals surface area contributed by atoms with Gasteiger partial charge < -0.3 is 9.32 Å². The molecule has 0 radical (unpaired) electrons. The fourth-order valence-electron chi connectivity index (χ4n) is 7.32. The summed E-state index contributed by atoms with van der Waals surface area (Å²) in [6.07, 6.45) is 8.22. The van der Waals surface area contributed by atoms with E-state index >= 15 is 0 Å². The van der Waals surface area contributed by atoms with Gasteiger partial charge in [0.05, 0.1) is 0 Å². The third-order valence-corrected chi connectivity index (χ3v) is 9.82. The van der Waals surface area contributed by atoms with E-state index in [0.29, 0.717) is 0 Å².